The van der Waals surface area contributed by atoms with Crippen molar-refractivity contribution in [3.05, 3.63) is 46.6 Å². The number of benzene rings is 1. The van der Waals surface area contributed by atoms with Crippen LogP contribution in [0.5, 0.6) is 11.6 Å². The van der Waals surface area contributed by atoms with Gasteiger partial charge in [-0.25, -0.2) is 9.37 Å². The maximum absolute atomic E-state index is 13.2. The third-order valence-electron chi connectivity index (χ3n) is 2.36. The highest BCUT2D eigenvalue weighted by Crippen LogP contribution is 2.25. The average Bonchev–Trinajstić information content (AvgIpc) is 2.33. The first-order valence-corrected chi connectivity index (χ1v) is 5.92. The quantitative estimate of drug-likeness (QED) is 0.805. The number of hydrogen-bond acceptors (Lipinski definition) is 4. The van der Waals surface area contributed by atoms with Crippen LogP contribution in [0.3, 0.4) is 0 Å². The van der Waals surface area contributed by atoms with Crippen molar-refractivity contribution in [2.75, 3.05) is 7.11 Å². The summed E-state index contributed by atoms with van der Waals surface area (Å²) in [6, 6.07) is 5.75. The highest BCUT2D eigenvalue weighted by Gasteiger charge is 2.08. The number of nitrogens with zero attached hydrogens (tertiary/aromatic N) is 2. The second-order valence-electron chi connectivity index (χ2n) is 3.89. The summed E-state index contributed by atoms with van der Waals surface area (Å²) in [6.07, 6.45) is 0. The van der Waals surface area contributed by atoms with Gasteiger partial charge in [-0.15, -0.1) is 0 Å². The Hall–Kier alpha value is -1.72. The molecule has 0 aliphatic carbocycles. The lowest BCUT2D eigenvalue weighted by Crippen LogP contribution is -2.00. The Morgan fingerprint density at radius 1 is 1.26 bits per heavy atom. The van der Waals surface area contributed by atoms with Gasteiger partial charge in [0.1, 0.15) is 23.3 Å². The molecule has 6 heteroatoms. The van der Waals surface area contributed by atoms with Gasteiger partial charge < -0.3 is 9.47 Å². The predicted octanol–water partition coefficient (Wildman–Crippen LogP) is 3.52. The summed E-state index contributed by atoms with van der Waals surface area (Å²) >= 11 is 5.86. The van der Waals surface area contributed by atoms with Gasteiger partial charge in [0.2, 0.25) is 5.88 Å². The first-order valence-electron chi connectivity index (χ1n) is 5.55. The van der Waals surface area contributed by atoms with E-state index in [0.29, 0.717) is 11.6 Å². The predicted molar refractivity (Wildman–Crippen MR) is 69.0 cm³/mol. The van der Waals surface area contributed by atoms with Gasteiger partial charge in [0, 0.05) is 19.2 Å². The van der Waals surface area contributed by atoms with Crippen LogP contribution >= 0.6 is 11.6 Å². The summed E-state index contributed by atoms with van der Waals surface area (Å²) in [7, 11) is 1.53. The topological polar surface area (TPSA) is 44.2 Å². The molecule has 1 aromatic carbocycles. The van der Waals surface area contributed by atoms with Crippen LogP contribution in [0.1, 0.15) is 11.4 Å². The van der Waals surface area contributed by atoms with Gasteiger partial charge >= 0.3 is 0 Å². The number of halogens is 2. The third-order valence-corrected chi connectivity index (χ3v) is 2.55. The molecule has 0 fully saturated rings. The van der Waals surface area contributed by atoms with E-state index < -0.39 is 0 Å². The molecule has 2 aromatic rings. The smallest absolute Gasteiger partial charge is 0.224 e. The van der Waals surface area contributed by atoms with Crippen LogP contribution in [0.25, 0.3) is 0 Å². The van der Waals surface area contributed by atoms with E-state index in [4.69, 9.17) is 21.1 Å². The number of rotatable bonds is 4. The molecule has 100 valence electrons. The van der Waals surface area contributed by atoms with Crippen LogP contribution in [0.15, 0.2) is 24.3 Å². The Balaban J connectivity index is 2.29. The van der Waals surface area contributed by atoms with Crippen molar-refractivity contribution in [3.8, 4) is 11.6 Å². The molecule has 0 unspecified atom stereocenters. The summed E-state index contributed by atoms with van der Waals surface area (Å²) < 4.78 is 23.6. The number of methoxy groups -OCH3 is 1. The Morgan fingerprint density at radius 3 is 2.79 bits per heavy atom. The molecule has 0 spiro atoms. The Labute approximate surface area is 115 Å². The van der Waals surface area contributed by atoms with E-state index in [2.05, 4.69) is 9.97 Å². The number of aryl methyl sites for hydroxylation is 1. The molecule has 0 aliphatic heterocycles. The van der Waals surface area contributed by atoms with Crippen LogP contribution in [0.2, 0.25) is 5.15 Å². The van der Waals surface area contributed by atoms with Gasteiger partial charge in [-0.2, -0.15) is 4.98 Å². The van der Waals surface area contributed by atoms with Gasteiger partial charge in [0.05, 0.1) is 0 Å². The van der Waals surface area contributed by atoms with Gasteiger partial charge in [0.25, 0.3) is 0 Å². The molecule has 0 radical (unpaired) electrons. The van der Waals surface area contributed by atoms with Gasteiger partial charge in [-0.3, -0.25) is 0 Å². The zero-order chi connectivity index (χ0) is 13.8. The highest BCUT2D eigenvalue weighted by atomic mass is 35.5. The molecule has 0 saturated carbocycles. The largest absolute Gasteiger partial charge is 0.438 e. The minimum atomic E-state index is -0.377. The van der Waals surface area contributed by atoms with Gasteiger partial charge in [-0.05, 0) is 18.6 Å². The molecule has 1 aromatic heterocycles. The molecule has 0 atom stereocenters. The van der Waals surface area contributed by atoms with E-state index in [1.807, 2.05) is 6.92 Å². The summed E-state index contributed by atoms with van der Waals surface area (Å²) in [5, 5.41) is 0.242. The van der Waals surface area contributed by atoms with Crippen LogP contribution < -0.4 is 4.74 Å². The molecule has 4 nitrogen and oxygen atoms in total. The van der Waals surface area contributed by atoms with Crippen molar-refractivity contribution >= 4 is 11.6 Å². The fraction of sp³-hybridized carbons (Fsp3) is 0.231. The van der Waals surface area contributed by atoms with E-state index in [-0.39, 0.29) is 23.5 Å². The lowest BCUT2D eigenvalue weighted by atomic mass is 10.2. The number of hydrogen-bond donors (Lipinski definition) is 0. The van der Waals surface area contributed by atoms with Crippen molar-refractivity contribution in [1.29, 1.82) is 0 Å². The third kappa shape index (κ3) is 3.62. The maximum atomic E-state index is 13.2. The highest BCUT2D eigenvalue weighted by molar-refractivity contribution is 6.29. The van der Waals surface area contributed by atoms with Gasteiger partial charge in [-0.1, -0.05) is 17.7 Å². The Bertz CT molecular complexity index is 593. The zero-order valence-corrected chi connectivity index (χ0v) is 11.2. The van der Waals surface area contributed by atoms with Crippen LogP contribution in [-0.4, -0.2) is 17.1 Å². The molecule has 19 heavy (non-hydrogen) atoms. The Morgan fingerprint density at radius 2 is 2.05 bits per heavy atom. The van der Waals surface area contributed by atoms with E-state index in [1.54, 1.807) is 6.07 Å². The van der Waals surface area contributed by atoms with Crippen LogP contribution in [0.4, 0.5) is 4.39 Å². The number of aromatic nitrogens is 2. The molecule has 1 heterocycles. The normalized spacial score (nSPS) is 10.5. The lowest BCUT2D eigenvalue weighted by molar-refractivity contribution is 0.177. The SMILES string of the molecule is COCc1nc(Cl)cc(Oc2cc(F)ccc2C)n1. The lowest BCUT2D eigenvalue weighted by Gasteiger charge is -2.09. The van der Waals surface area contributed by atoms with Crippen molar-refractivity contribution in [1.82, 2.24) is 9.97 Å². The second-order valence-corrected chi connectivity index (χ2v) is 4.28. The van der Waals surface area contributed by atoms with Crippen molar-refractivity contribution < 1.29 is 13.9 Å². The van der Waals surface area contributed by atoms with E-state index in [9.17, 15) is 4.39 Å². The molecule has 0 amide bonds. The Kier molecular flexibility index (Phi) is 4.29. The van der Waals surface area contributed by atoms with Crippen molar-refractivity contribution in [2.24, 2.45) is 0 Å². The number of ether oxygens (including phenoxy) is 2. The average molecular weight is 283 g/mol. The molecule has 0 saturated heterocycles. The van der Waals surface area contributed by atoms with Crippen LogP contribution in [-0.2, 0) is 11.3 Å². The van der Waals surface area contributed by atoms with E-state index in [0.717, 1.165) is 5.56 Å². The minimum absolute atomic E-state index is 0.221. The van der Waals surface area contributed by atoms with Crippen LogP contribution in [0, 0.1) is 12.7 Å². The monoisotopic (exact) mass is 282 g/mol. The second kappa shape index (κ2) is 5.95. The van der Waals surface area contributed by atoms with E-state index in [1.165, 1.54) is 25.3 Å². The summed E-state index contributed by atoms with van der Waals surface area (Å²) in [5.74, 6) is 0.663. The first kappa shape index (κ1) is 13.7. The summed E-state index contributed by atoms with van der Waals surface area (Å²) in [4.78, 5) is 8.10. The van der Waals surface area contributed by atoms with Gasteiger partial charge in [0.15, 0.2) is 5.82 Å². The molecular formula is C13H12ClFN2O2. The standard InChI is InChI=1S/C13H12ClFN2O2/c1-8-3-4-9(15)5-10(8)19-13-6-11(14)16-12(17-13)7-18-2/h3-6H,7H2,1-2H3. The fourth-order valence-electron chi connectivity index (χ4n) is 1.48. The van der Waals surface area contributed by atoms with Crippen molar-refractivity contribution in [3.63, 3.8) is 0 Å². The summed E-state index contributed by atoms with van der Waals surface area (Å²) in [6.45, 7) is 2.03. The molecular weight excluding hydrogens is 271 g/mol. The maximum Gasteiger partial charge on any atom is 0.224 e. The fourth-order valence-corrected chi connectivity index (χ4v) is 1.68. The minimum Gasteiger partial charge on any atom is -0.438 e. The molecule has 0 aliphatic rings. The molecule has 0 N–H and O–H groups in total. The zero-order valence-electron chi connectivity index (χ0n) is 10.5. The molecule has 0 bridgehead atoms. The van der Waals surface area contributed by atoms with E-state index >= 15 is 0 Å². The van der Waals surface area contributed by atoms with Crippen molar-refractivity contribution in [2.45, 2.75) is 13.5 Å². The summed E-state index contributed by atoms with van der Waals surface area (Å²) in [5.41, 5.74) is 0.796. The molecule has 2 rings (SSSR count). The first-order chi connectivity index (χ1) is 9.08.